The molecule has 0 aliphatic carbocycles. The molecule has 0 N–H and O–H groups in total. The van der Waals surface area contributed by atoms with E-state index in [2.05, 4.69) is 6.58 Å². The number of aryl methyl sites for hydroxylation is 1. The van der Waals surface area contributed by atoms with Gasteiger partial charge in [0.15, 0.2) is 0 Å². The van der Waals surface area contributed by atoms with Crippen molar-refractivity contribution in [2.45, 2.75) is 20.0 Å². The molecule has 82 valence electrons. The number of hydrogen-bond acceptors (Lipinski definition) is 1. The molecule has 0 unspecified atom stereocenters. The Hall–Kier alpha value is -1.52. The van der Waals surface area contributed by atoms with E-state index in [-0.39, 0.29) is 0 Å². The van der Waals surface area contributed by atoms with Crippen molar-refractivity contribution < 1.29 is 18.0 Å². The number of carbonyl (C=O) groups is 1. The second-order valence-electron chi connectivity index (χ2n) is 3.18. The van der Waals surface area contributed by atoms with Gasteiger partial charge in [-0.05, 0) is 25.5 Å². The molecule has 0 amide bonds. The van der Waals surface area contributed by atoms with Crippen molar-refractivity contribution in [3.05, 3.63) is 29.6 Å². The molecule has 2 nitrogen and oxygen atoms in total. The van der Waals surface area contributed by atoms with Crippen molar-refractivity contribution in [3.63, 3.8) is 0 Å². The number of hydrogen-bond donors (Lipinski definition) is 0. The van der Waals surface area contributed by atoms with E-state index in [4.69, 9.17) is 0 Å². The Kier molecular flexibility index (Phi) is 2.75. The van der Waals surface area contributed by atoms with Crippen molar-refractivity contribution in [2.75, 3.05) is 0 Å². The van der Waals surface area contributed by atoms with E-state index >= 15 is 0 Å². The highest BCUT2D eigenvalue weighted by atomic mass is 19.4. The van der Waals surface area contributed by atoms with Crippen LogP contribution in [-0.4, -0.2) is 16.5 Å². The molecule has 0 spiro atoms. The average molecular weight is 217 g/mol. The monoisotopic (exact) mass is 217 g/mol. The van der Waals surface area contributed by atoms with Crippen LogP contribution in [0.1, 0.15) is 21.7 Å². The highest BCUT2D eigenvalue weighted by Crippen LogP contribution is 2.24. The molecule has 0 radical (unpaired) electrons. The SMILES string of the molecule is C=Cn1c(C(=O)C(F)(F)F)cc(C)c1C. The molecule has 1 aromatic rings. The summed E-state index contributed by atoms with van der Waals surface area (Å²) in [6.07, 6.45) is -3.65. The number of aromatic nitrogens is 1. The van der Waals surface area contributed by atoms with Crippen LogP contribution in [0.15, 0.2) is 12.6 Å². The number of carbonyl (C=O) groups excluding carboxylic acids is 1. The van der Waals surface area contributed by atoms with E-state index in [9.17, 15) is 18.0 Å². The smallest absolute Gasteiger partial charge is 0.318 e. The van der Waals surface area contributed by atoms with E-state index in [1.807, 2.05) is 0 Å². The van der Waals surface area contributed by atoms with Crippen molar-refractivity contribution >= 4 is 12.0 Å². The van der Waals surface area contributed by atoms with Crippen LogP contribution in [0.5, 0.6) is 0 Å². The van der Waals surface area contributed by atoms with Gasteiger partial charge in [0, 0.05) is 11.9 Å². The molecule has 0 bridgehead atoms. The summed E-state index contributed by atoms with van der Waals surface area (Å²) in [5.74, 6) is -1.85. The van der Waals surface area contributed by atoms with E-state index in [1.165, 1.54) is 12.3 Å². The number of ketones is 1. The molecular formula is C10H10F3NO. The molecule has 0 aliphatic rings. The van der Waals surface area contributed by atoms with Gasteiger partial charge in [0.25, 0.3) is 5.78 Å². The van der Waals surface area contributed by atoms with Crippen LogP contribution in [0.4, 0.5) is 13.2 Å². The minimum Gasteiger partial charge on any atom is -0.318 e. The van der Waals surface area contributed by atoms with Crippen LogP contribution in [-0.2, 0) is 0 Å². The number of nitrogens with zero attached hydrogens (tertiary/aromatic N) is 1. The lowest BCUT2D eigenvalue weighted by Gasteiger charge is -2.07. The van der Waals surface area contributed by atoms with Crippen molar-refractivity contribution in [1.29, 1.82) is 0 Å². The van der Waals surface area contributed by atoms with Gasteiger partial charge in [-0.25, -0.2) is 0 Å². The predicted octanol–water partition coefficient (Wildman–Crippen LogP) is 2.95. The summed E-state index contributed by atoms with van der Waals surface area (Å²) >= 11 is 0. The van der Waals surface area contributed by atoms with Gasteiger partial charge in [-0.1, -0.05) is 6.58 Å². The molecule has 0 aromatic carbocycles. The van der Waals surface area contributed by atoms with E-state index in [0.29, 0.717) is 11.3 Å². The Morgan fingerprint density at radius 3 is 2.40 bits per heavy atom. The normalized spacial score (nSPS) is 11.5. The number of halogens is 3. The quantitative estimate of drug-likeness (QED) is 0.698. The third-order valence-corrected chi connectivity index (χ3v) is 2.22. The van der Waals surface area contributed by atoms with Crippen molar-refractivity contribution in [3.8, 4) is 0 Å². The topological polar surface area (TPSA) is 22.0 Å². The minimum absolute atomic E-state index is 0.396. The van der Waals surface area contributed by atoms with Gasteiger partial charge in [0.05, 0.1) is 5.69 Å². The Bertz CT molecular complexity index is 415. The lowest BCUT2D eigenvalue weighted by molar-refractivity contribution is -0.0889. The van der Waals surface area contributed by atoms with E-state index < -0.39 is 17.7 Å². The minimum atomic E-state index is -4.85. The fraction of sp³-hybridized carbons (Fsp3) is 0.300. The van der Waals surface area contributed by atoms with E-state index in [0.717, 1.165) is 4.57 Å². The molecule has 0 saturated heterocycles. The number of Topliss-reactive ketones (excluding diaryl/α,β-unsaturated/α-hetero) is 1. The van der Waals surface area contributed by atoms with Crippen LogP contribution in [0.2, 0.25) is 0 Å². The summed E-state index contributed by atoms with van der Waals surface area (Å²) in [5, 5.41) is 0. The molecular weight excluding hydrogens is 207 g/mol. The molecule has 5 heteroatoms. The molecule has 1 rings (SSSR count). The highest BCUT2D eigenvalue weighted by molar-refractivity contribution is 6.00. The Morgan fingerprint density at radius 1 is 1.47 bits per heavy atom. The lowest BCUT2D eigenvalue weighted by Crippen LogP contribution is -2.24. The maximum Gasteiger partial charge on any atom is 0.456 e. The molecule has 15 heavy (non-hydrogen) atoms. The fourth-order valence-corrected chi connectivity index (χ4v) is 1.31. The van der Waals surface area contributed by atoms with Crippen LogP contribution in [0.25, 0.3) is 6.20 Å². The first-order chi connectivity index (χ1) is 6.79. The largest absolute Gasteiger partial charge is 0.456 e. The maximum atomic E-state index is 12.2. The zero-order valence-electron chi connectivity index (χ0n) is 8.35. The predicted molar refractivity (Wildman–Crippen MR) is 50.7 cm³/mol. The summed E-state index contributed by atoms with van der Waals surface area (Å²) in [4.78, 5) is 11.0. The van der Waals surface area contributed by atoms with Gasteiger partial charge in [-0.15, -0.1) is 0 Å². The zero-order chi connectivity index (χ0) is 11.8. The van der Waals surface area contributed by atoms with Gasteiger partial charge in [0.1, 0.15) is 0 Å². The Balaban J connectivity index is 3.33. The third-order valence-electron chi connectivity index (χ3n) is 2.22. The molecule has 0 fully saturated rings. The van der Waals surface area contributed by atoms with Crippen LogP contribution < -0.4 is 0 Å². The van der Waals surface area contributed by atoms with Gasteiger partial charge < -0.3 is 4.57 Å². The van der Waals surface area contributed by atoms with Crippen LogP contribution in [0, 0.1) is 13.8 Å². The lowest BCUT2D eigenvalue weighted by atomic mass is 10.2. The first kappa shape index (κ1) is 11.6. The first-order valence-electron chi connectivity index (χ1n) is 4.21. The number of alkyl halides is 3. The summed E-state index contributed by atoms with van der Waals surface area (Å²) in [7, 11) is 0. The molecule has 0 aliphatic heterocycles. The van der Waals surface area contributed by atoms with Crippen LogP contribution >= 0.6 is 0 Å². The number of rotatable bonds is 2. The standard InChI is InChI=1S/C10H10F3NO/c1-4-14-7(3)6(2)5-8(14)9(15)10(11,12)13/h4-5H,1H2,2-3H3. The highest BCUT2D eigenvalue weighted by Gasteiger charge is 2.41. The summed E-state index contributed by atoms with van der Waals surface area (Å²) in [5.41, 5.74) is 0.813. The van der Waals surface area contributed by atoms with Crippen molar-refractivity contribution in [1.82, 2.24) is 4.57 Å². The Labute approximate surface area is 85.0 Å². The zero-order valence-corrected chi connectivity index (χ0v) is 8.35. The molecule has 1 heterocycles. The summed E-state index contributed by atoms with van der Waals surface area (Å²) < 4.78 is 37.7. The Morgan fingerprint density at radius 2 is 2.00 bits per heavy atom. The molecule has 0 saturated carbocycles. The summed E-state index contributed by atoms with van der Waals surface area (Å²) in [6.45, 7) is 6.64. The second-order valence-corrected chi connectivity index (χ2v) is 3.18. The second kappa shape index (κ2) is 3.56. The maximum absolute atomic E-state index is 12.2. The van der Waals surface area contributed by atoms with E-state index in [1.54, 1.807) is 13.8 Å². The third kappa shape index (κ3) is 1.95. The average Bonchev–Trinajstić information content (AvgIpc) is 2.40. The van der Waals surface area contributed by atoms with Gasteiger partial charge in [0.2, 0.25) is 0 Å². The first-order valence-corrected chi connectivity index (χ1v) is 4.21. The van der Waals surface area contributed by atoms with Gasteiger partial charge >= 0.3 is 6.18 Å². The van der Waals surface area contributed by atoms with Gasteiger partial charge in [-0.3, -0.25) is 4.79 Å². The molecule has 1 aromatic heterocycles. The molecule has 0 atom stereocenters. The fourth-order valence-electron chi connectivity index (χ4n) is 1.31. The van der Waals surface area contributed by atoms with Gasteiger partial charge in [-0.2, -0.15) is 13.2 Å². The van der Waals surface area contributed by atoms with Crippen molar-refractivity contribution in [2.24, 2.45) is 0 Å². The summed E-state index contributed by atoms with van der Waals surface area (Å²) in [6, 6.07) is 1.22. The van der Waals surface area contributed by atoms with Crippen LogP contribution in [0.3, 0.4) is 0 Å².